The van der Waals surface area contributed by atoms with Gasteiger partial charge in [-0.3, -0.25) is 0 Å². The van der Waals surface area contributed by atoms with Crippen molar-refractivity contribution in [2.75, 3.05) is 10.6 Å². The Balaban J connectivity index is 1.44. The van der Waals surface area contributed by atoms with Gasteiger partial charge in [-0.2, -0.15) is 26.3 Å². The van der Waals surface area contributed by atoms with Gasteiger partial charge >= 0.3 is 24.3 Å². The number of nitrogens with zero attached hydrogens (tertiary/aromatic N) is 2. The number of hydrogen-bond acceptors (Lipinski definition) is 8. The van der Waals surface area contributed by atoms with E-state index in [0.717, 1.165) is 24.3 Å². The molecule has 0 aliphatic rings. The fourth-order valence-corrected chi connectivity index (χ4v) is 4.67. The van der Waals surface area contributed by atoms with Crippen molar-refractivity contribution in [2.45, 2.75) is 12.4 Å². The van der Waals surface area contributed by atoms with Crippen LogP contribution in [0, 0.1) is 0 Å². The standard InChI is InChI=1S/C32H22F6N6O4/c33-31(34,35)21-11-17(5-7-19(21)29(45)46)41-13-23(39)25-9-3-15-1-2-16-4-10-26(44-28(16)27(15)43-25)24(40)14-42-18-6-8-20(30(47)48)22(12-18)32(36,37)38/h1-14,41-42H,39-40H2,(H,45,46)(H,47,48)/b23-13-,24-14-. The Kier molecular flexibility index (Phi) is 8.58. The highest BCUT2D eigenvalue weighted by Crippen LogP contribution is 2.35. The number of carboxylic acid groups (broad SMARTS) is 2. The Morgan fingerprint density at radius 3 is 1.29 bits per heavy atom. The van der Waals surface area contributed by atoms with Gasteiger partial charge in [0.05, 0.1) is 56.1 Å². The molecule has 5 aromatic rings. The summed E-state index contributed by atoms with van der Waals surface area (Å²) >= 11 is 0. The summed E-state index contributed by atoms with van der Waals surface area (Å²) in [4.78, 5) is 31.6. The third kappa shape index (κ3) is 6.91. The molecular formula is C32H22F6N6O4. The fraction of sp³-hybridized carbons (Fsp3) is 0.0625. The van der Waals surface area contributed by atoms with Gasteiger partial charge in [0, 0.05) is 34.5 Å². The normalized spacial score (nSPS) is 12.7. The molecule has 0 fully saturated rings. The van der Waals surface area contributed by atoms with E-state index in [2.05, 4.69) is 20.6 Å². The molecule has 5 rings (SSSR count). The van der Waals surface area contributed by atoms with Crippen molar-refractivity contribution in [1.29, 1.82) is 0 Å². The molecule has 0 aliphatic carbocycles. The molecule has 8 N–H and O–H groups in total. The molecule has 0 aliphatic heterocycles. The molecule has 48 heavy (non-hydrogen) atoms. The molecule has 3 aromatic carbocycles. The Morgan fingerprint density at radius 1 is 0.604 bits per heavy atom. The molecule has 0 saturated carbocycles. The zero-order valence-corrected chi connectivity index (χ0v) is 24.1. The van der Waals surface area contributed by atoms with E-state index < -0.39 is 46.5 Å². The smallest absolute Gasteiger partial charge is 0.417 e. The lowest BCUT2D eigenvalue weighted by atomic mass is 10.1. The predicted octanol–water partition coefficient (Wildman–Crippen LogP) is 6.96. The first-order valence-corrected chi connectivity index (χ1v) is 13.6. The molecule has 2 aromatic heterocycles. The van der Waals surface area contributed by atoms with Gasteiger partial charge in [0.25, 0.3) is 0 Å². The van der Waals surface area contributed by atoms with Crippen LogP contribution >= 0.6 is 0 Å². The quantitative estimate of drug-likeness (QED) is 0.0749. The SMILES string of the molecule is N/C(=C\Nc1ccc(C(=O)O)c(C(F)(F)F)c1)c1ccc2ccc3ccc(/C(N)=C/Nc4ccc(C(=O)O)c(C(F)(F)F)c4)nc3c2n1. The minimum absolute atomic E-state index is 0.0247. The average Bonchev–Trinajstić information content (AvgIpc) is 3.04. The van der Waals surface area contributed by atoms with Gasteiger partial charge in [-0.1, -0.05) is 24.3 Å². The number of carboxylic acids is 2. The van der Waals surface area contributed by atoms with Crippen molar-refractivity contribution < 1.29 is 46.1 Å². The van der Waals surface area contributed by atoms with E-state index in [1.807, 2.05) is 0 Å². The number of alkyl halides is 6. The second-order valence-corrected chi connectivity index (χ2v) is 10.2. The van der Waals surface area contributed by atoms with Gasteiger partial charge in [0.1, 0.15) is 0 Å². The lowest BCUT2D eigenvalue weighted by molar-refractivity contribution is -0.138. The molecule has 2 heterocycles. The van der Waals surface area contributed by atoms with E-state index in [0.29, 0.717) is 33.9 Å². The van der Waals surface area contributed by atoms with Crippen LogP contribution in [0.4, 0.5) is 37.7 Å². The summed E-state index contributed by atoms with van der Waals surface area (Å²) in [5, 5.41) is 24.7. The molecule has 246 valence electrons. The highest BCUT2D eigenvalue weighted by Gasteiger charge is 2.36. The van der Waals surface area contributed by atoms with Gasteiger partial charge in [-0.15, -0.1) is 0 Å². The lowest BCUT2D eigenvalue weighted by Crippen LogP contribution is -2.13. The third-order valence-electron chi connectivity index (χ3n) is 7.01. The van der Waals surface area contributed by atoms with E-state index in [9.17, 15) is 35.9 Å². The van der Waals surface area contributed by atoms with Gasteiger partial charge in [0.2, 0.25) is 0 Å². The second-order valence-electron chi connectivity index (χ2n) is 10.2. The number of pyridine rings is 2. The van der Waals surface area contributed by atoms with Gasteiger partial charge in [-0.25, -0.2) is 19.6 Å². The average molecular weight is 669 g/mol. The summed E-state index contributed by atoms with van der Waals surface area (Å²) in [6.07, 6.45) is -7.42. The maximum absolute atomic E-state index is 13.4. The summed E-state index contributed by atoms with van der Waals surface area (Å²) in [7, 11) is 0. The monoisotopic (exact) mass is 668 g/mol. The number of nitrogens with two attached hydrogens (primary N) is 2. The van der Waals surface area contributed by atoms with Crippen molar-refractivity contribution in [3.63, 3.8) is 0 Å². The maximum Gasteiger partial charge on any atom is 0.417 e. The summed E-state index contributed by atoms with van der Waals surface area (Å²) in [6.45, 7) is 0. The first kappa shape index (κ1) is 33.1. The van der Waals surface area contributed by atoms with Crippen molar-refractivity contribution in [3.8, 4) is 0 Å². The summed E-state index contributed by atoms with van der Waals surface area (Å²) in [5.41, 5.74) is 8.98. The molecule has 16 heteroatoms. The van der Waals surface area contributed by atoms with Crippen LogP contribution in [-0.4, -0.2) is 32.1 Å². The number of nitrogens with one attached hydrogen (secondary N) is 2. The number of halogens is 6. The Labute approximate surface area is 266 Å². The number of benzene rings is 3. The number of anilines is 2. The topological polar surface area (TPSA) is 176 Å². The number of fused-ring (bicyclic) bond motifs is 3. The van der Waals surface area contributed by atoms with Crippen LogP contribution in [0.25, 0.3) is 33.2 Å². The number of carbonyl (C=O) groups is 2. The Hall–Kier alpha value is -6.32. The summed E-state index contributed by atoms with van der Waals surface area (Å²) in [5.74, 6) is -3.46. The third-order valence-corrected chi connectivity index (χ3v) is 7.01. The van der Waals surface area contributed by atoms with Crippen LogP contribution < -0.4 is 22.1 Å². The van der Waals surface area contributed by atoms with Crippen molar-refractivity contribution >= 4 is 56.5 Å². The fourth-order valence-electron chi connectivity index (χ4n) is 4.67. The molecule has 0 radical (unpaired) electrons. The van der Waals surface area contributed by atoms with Crippen LogP contribution in [-0.2, 0) is 12.4 Å². The second kappa shape index (κ2) is 12.5. The largest absolute Gasteiger partial charge is 0.478 e. The van der Waals surface area contributed by atoms with E-state index in [1.165, 1.54) is 12.4 Å². The molecular weight excluding hydrogens is 646 g/mol. The molecule has 0 bridgehead atoms. The lowest BCUT2D eigenvalue weighted by Gasteiger charge is -2.13. The summed E-state index contributed by atoms with van der Waals surface area (Å²) in [6, 6.07) is 15.3. The predicted molar refractivity (Wildman–Crippen MR) is 165 cm³/mol. The Bertz CT molecular complexity index is 2010. The van der Waals surface area contributed by atoms with E-state index in [4.69, 9.17) is 21.7 Å². The summed E-state index contributed by atoms with van der Waals surface area (Å²) < 4.78 is 80.4. The van der Waals surface area contributed by atoms with Crippen molar-refractivity contribution in [3.05, 3.63) is 119 Å². The van der Waals surface area contributed by atoms with Crippen LogP contribution in [0.3, 0.4) is 0 Å². The minimum atomic E-state index is -4.91. The zero-order chi connectivity index (χ0) is 35.0. The maximum atomic E-state index is 13.4. The van der Waals surface area contributed by atoms with Crippen molar-refractivity contribution in [1.82, 2.24) is 9.97 Å². The number of hydrogen-bond donors (Lipinski definition) is 6. The zero-order valence-electron chi connectivity index (χ0n) is 24.1. The molecule has 0 saturated heterocycles. The highest BCUT2D eigenvalue weighted by molar-refractivity contribution is 6.03. The van der Waals surface area contributed by atoms with Gasteiger partial charge in [-0.05, 0) is 48.5 Å². The molecule has 0 spiro atoms. The van der Waals surface area contributed by atoms with Gasteiger partial charge in [0.15, 0.2) is 0 Å². The number of rotatable bonds is 8. The molecule has 0 amide bonds. The van der Waals surface area contributed by atoms with E-state index >= 15 is 0 Å². The van der Waals surface area contributed by atoms with Crippen LogP contribution in [0.15, 0.2) is 85.2 Å². The molecule has 0 atom stereocenters. The molecule has 10 nitrogen and oxygen atoms in total. The highest BCUT2D eigenvalue weighted by atomic mass is 19.4. The van der Waals surface area contributed by atoms with Gasteiger partial charge < -0.3 is 32.3 Å². The van der Waals surface area contributed by atoms with E-state index in [-0.39, 0.29) is 34.2 Å². The van der Waals surface area contributed by atoms with Crippen molar-refractivity contribution in [2.24, 2.45) is 11.5 Å². The van der Waals surface area contributed by atoms with E-state index in [1.54, 1.807) is 36.4 Å². The minimum Gasteiger partial charge on any atom is -0.478 e. The van der Waals surface area contributed by atoms with Crippen LogP contribution in [0.1, 0.15) is 43.2 Å². The first-order chi connectivity index (χ1) is 22.5. The van der Waals surface area contributed by atoms with Crippen LogP contribution in [0.2, 0.25) is 0 Å². The number of aromatic carboxylic acids is 2. The first-order valence-electron chi connectivity index (χ1n) is 13.6. The molecule has 0 unspecified atom stereocenters. The van der Waals surface area contributed by atoms with Crippen LogP contribution in [0.5, 0.6) is 0 Å². The number of aromatic nitrogens is 2. The Morgan fingerprint density at radius 2 is 0.958 bits per heavy atom.